The topological polar surface area (TPSA) is 125 Å². The van der Waals surface area contributed by atoms with E-state index in [4.69, 9.17) is 24.1 Å². The number of carbonyl (C=O) groups is 2. The van der Waals surface area contributed by atoms with Crippen LogP contribution in [0.5, 0.6) is 5.75 Å². The molecule has 0 bridgehead atoms. The number of carboxylic acid groups (broad SMARTS) is 1. The molecule has 7 rings (SSSR count). The highest BCUT2D eigenvalue weighted by Gasteiger charge is 2.40. The summed E-state index contributed by atoms with van der Waals surface area (Å²) in [7, 11) is 1.68. The molecule has 1 aliphatic heterocycles. The van der Waals surface area contributed by atoms with Gasteiger partial charge in [0, 0.05) is 67.4 Å². The maximum Gasteiger partial charge on any atom is 0.407 e. The molecule has 1 unspecified atom stereocenters. The minimum atomic E-state index is -0.831. The molecule has 1 atom stereocenters. The van der Waals surface area contributed by atoms with Crippen LogP contribution in [0, 0.1) is 24.7 Å². The highest BCUT2D eigenvalue weighted by Crippen LogP contribution is 2.41. The van der Waals surface area contributed by atoms with Gasteiger partial charge >= 0.3 is 6.09 Å². The van der Waals surface area contributed by atoms with E-state index in [9.17, 15) is 14.7 Å². The van der Waals surface area contributed by atoms with Gasteiger partial charge in [0.2, 0.25) is 5.91 Å². The first-order chi connectivity index (χ1) is 24.7. The summed E-state index contributed by atoms with van der Waals surface area (Å²) < 4.78 is 11.2. The Labute approximate surface area is 301 Å². The van der Waals surface area contributed by atoms with Gasteiger partial charge in [-0.25, -0.2) is 14.8 Å². The van der Waals surface area contributed by atoms with E-state index in [1.807, 2.05) is 30.0 Å². The third-order valence-electron chi connectivity index (χ3n) is 12.1. The van der Waals surface area contributed by atoms with E-state index in [1.165, 1.54) is 0 Å². The maximum atomic E-state index is 14.6. The number of aromatic nitrogens is 3. The van der Waals surface area contributed by atoms with Gasteiger partial charge in [-0.05, 0) is 121 Å². The van der Waals surface area contributed by atoms with Gasteiger partial charge in [-0.2, -0.15) is 0 Å². The molecule has 0 aromatic carbocycles. The third kappa shape index (κ3) is 7.93. The molecule has 4 heterocycles. The number of nitrogens with zero attached hydrogens (tertiary/aromatic N) is 6. The Hall–Kier alpha value is -3.99. The van der Waals surface area contributed by atoms with Crippen molar-refractivity contribution in [3.63, 3.8) is 0 Å². The first kappa shape index (κ1) is 35.4. The normalized spacial score (nSPS) is 25.9. The lowest BCUT2D eigenvalue weighted by atomic mass is 9.76. The summed E-state index contributed by atoms with van der Waals surface area (Å²) in [5.74, 6) is 3.72. The summed E-state index contributed by atoms with van der Waals surface area (Å²) in [6.45, 7) is 9.05. The molecule has 3 aromatic heterocycles. The molecule has 2 amide bonds. The number of oxazole rings is 1. The van der Waals surface area contributed by atoms with Gasteiger partial charge in [0.1, 0.15) is 23.5 Å². The van der Waals surface area contributed by atoms with Gasteiger partial charge in [0.05, 0.1) is 18.8 Å². The molecule has 3 saturated carbocycles. The second kappa shape index (κ2) is 15.3. The predicted octanol–water partition coefficient (Wildman–Crippen LogP) is 7.51. The van der Waals surface area contributed by atoms with Crippen LogP contribution in [0.4, 0.5) is 10.6 Å². The molecule has 1 N–H and O–H groups in total. The van der Waals surface area contributed by atoms with Crippen molar-refractivity contribution in [3.8, 4) is 17.0 Å². The lowest BCUT2D eigenvalue weighted by Crippen LogP contribution is -2.59. The highest BCUT2D eigenvalue weighted by atomic mass is 16.5. The number of methoxy groups -OCH3 is 1. The SMILES string of the molecule is COc1ccc(C2CCC(CN(C(=O)C3CCC(C4CN(C(C)C)CCN4C(=O)O)CC3)c3cc(-c4coc(C5CC5)n4)ccn3)CC2)nc1C. The van der Waals surface area contributed by atoms with Gasteiger partial charge in [-0.3, -0.25) is 19.6 Å². The van der Waals surface area contributed by atoms with Crippen LogP contribution in [0.1, 0.15) is 107 Å². The fourth-order valence-corrected chi connectivity index (χ4v) is 8.78. The molecule has 0 radical (unpaired) electrons. The Morgan fingerprint density at radius 3 is 2.39 bits per heavy atom. The highest BCUT2D eigenvalue weighted by molar-refractivity contribution is 5.94. The number of carbonyl (C=O) groups excluding carboxylic acids is 1. The number of ether oxygens (including phenoxy) is 1. The van der Waals surface area contributed by atoms with E-state index in [0.29, 0.717) is 42.7 Å². The minimum Gasteiger partial charge on any atom is -0.495 e. The number of anilines is 1. The largest absolute Gasteiger partial charge is 0.495 e. The number of hydrogen-bond acceptors (Lipinski definition) is 8. The summed E-state index contributed by atoms with van der Waals surface area (Å²) in [5, 5.41) is 10.0. The number of piperazine rings is 1. The molecular weight excluding hydrogens is 644 g/mol. The average molecular weight is 699 g/mol. The fraction of sp³-hybridized carbons (Fsp3) is 0.625. The third-order valence-corrected chi connectivity index (χ3v) is 12.1. The number of pyridine rings is 2. The van der Waals surface area contributed by atoms with E-state index in [1.54, 1.807) is 24.5 Å². The van der Waals surface area contributed by atoms with Crippen LogP contribution < -0.4 is 9.64 Å². The Morgan fingerprint density at radius 1 is 0.980 bits per heavy atom. The zero-order valence-corrected chi connectivity index (χ0v) is 30.7. The Balaban J connectivity index is 1.07. The van der Waals surface area contributed by atoms with Gasteiger partial charge in [0.15, 0.2) is 5.89 Å². The fourth-order valence-electron chi connectivity index (χ4n) is 8.78. The van der Waals surface area contributed by atoms with E-state index in [-0.39, 0.29) is 23.8 Å². The molecular formula is C40H54N6O5. The van der Waals surface area contributed by atoms with Gasteiger partial charge in [-0.15, -0.1) is 0 Å². The smallest absolute Gasteiger partial charge is 0.407 e. The second-order valence-electron chi connectivity index (χ2n) is 15.7. The van der Waals surface area contributed by atoms with E-state index < -0.39 is 6.09 Å². The molecule has 3 aliphatic carbocycles. The lowest BCUT2D eigenvalue weighted by Gasteiger charge is -2.46. The van der Waals surface area contributed by atoms with E-state index >= 15 is 0 Å². The first-order valence-corrected chi connectivity index (χ1v) is 19.2. The summed E-state index contributed by atoms with van der Waals surface area (Å²) in [4.78, 5) is 47.3. The predicted molar refractivity (Wildman–Crippen MR) is 195 cm³/mol. The number of amides is 2. The van der Waals surface area contributed by atoms with Gasteiger partial charge in [-0.1, -0.05) is 0 Å². The van der Waals surface area contributed by atoms with Crippen LogP contribution in [0.25, 0.3) is 11.3 Å². The number of hydrogen-bond donors (Lipinski definition) is 1. The molecule has 274 valence electrons. The van der Waals surface area contributed by atoms with E-state index in [2.05, 4.69) is 24.8 Å². The minimum absolute atomic E-state index is 0.0358. The van der Waals surface area contributed by atoms with Crippen molar-refractivity contribution in [3.05, 3.63) is 54.0 Å². The number of aryl methyl sites for hydroxylation is 1. The molecule has 11 nitrogen and oxygen atoms in total. The Morgan fingerprint density at radius 2 is 1.73 bits per heavy atom. The maximum absolute atomic E-state index is 14.6. The van der Waals surface area contributed by atoms with Crippen molar-refractivity contribution in [2.45, 2.75) is 109 Å². The first-order valence-electron chi connectivity index (χ1n) is 19.2. The quantitative estimate of drug-likeness (QED) is 0.229. The Bertz CT molecular complexity index is 1670. The summed E-state index contributed by atoms with van der Waals surface area (Å²) in [6, 6.07) is 8.41. The van der Waals surface area contributed by atoms with Crippen molar-refractivity contribution in [1.82, 2.24) is 24.8 Å². The van der Waals surface area contributed by atoms with Crippen molar-refractivity contribution in [2.24, 2.45) is 17.8 Å². The van der Waals surface area contributed by atoms with Crippen molar-refractivity contribution in [2.75, 3.05) is 38.2 Å². The molecule has 4 aliphatic rings. The molecule has 51 heavy (non-hydrogen) atoms. The van der Waals surface area contributed by atoms with E-state index in [0.717, 1.165) is 112 Å². The average Bonchev–Trinajstić information content (AvgIpc) is 3.89. The lowest BCUT2D eigenvalue weighted by molar-refractivity contribution is -0.124. The monoisotopic (exact) mass is 698 g/mol. The van der Waals surface area contributed by atoms with Crippen LogP contribution in [0.2, 0.25) is 0 Å². The van der Waals surface area contributed by atoms with Crippen LogP contribution >= 0.6 is 0 Å². The standard InChI is InChI=1S/C40H54N6O5/c1-25(2)44-19-20-45(40(48)49)35(23-44)29-9-13-31(14-10-29)39(47)46(37-21-32(17-18-41-37)34-24-51-38(43-34)30-11-12-30)22-27-5-7-28(8-6-27)33-15-16-36(50-4)26(3)42-33/h15-18,21,24-25,27-31,35H,5-14,19-20,22-23H2,1-4H3,(H,48,49). The molecule has 11 heteroatoms. The Kier molecular flexibility index (Phi) is 10.6. The molecule has 4 fully saturated rings. The van der Waals surface area contributed by atoms with Crippen molar-refractivity contribution >= 4 is 17.8 Å². The summed E-state index contributed by atoms with van der Waals surface area (Å²) >= 11 is 0. The summed E-state index contributed by atoms with van der Waals surface area (Å²) in [6.07, 6.45) is 12.2. The number of rotatable bonds is 10. The zero-order valence-electron chi connectivity index (χ0n) is 30.7. The second-order valence-corrected chi connectivity index (χ2v) is 15.7. The summed E-state index contributed by atoms with van der Waals surface area (Å²) in [5.41, 5.74) is 3.73. The molecule has 1 saturated heterocycles. The molecule has 0 spiro atoms. The van der Waals surface area contributed by atoms with Gasteiger partial charge < -0.3 is 19.2 Å². The van der Waals surface area contributed by atoms with Crippen LogP contribution in [-0.2, 0) is 4.79 Å². The van der Waals surface area contributed by atoms with Crippen molar-refractivity contribution < 1.29 is 23.8 Å². The van der Waals surface area contributed by atoms with Crippen LogP contribution in [0.15, 0.2) is 41.1 Å². The van der Waals surface area contributed by atoms with Crippen LogP contribution in [-0.4, -0.2) is 87.2 Å². The van der Waals surface area contributed by atoms with Crippen LogP contribution in [0.3, 0.4) is 0 Å². The molecule has 3 aromatic rings. The van der Waals surface area contributed by atoms with Crippen molar-refractivity contribution in [1.29, 1.82) is 0 Å². The van der Waals surface area contributed by atoms with Gasteiger partial charge in [0.25, 0.3) is 0 Å². The zero-order chi connectivity index (χ0) is 35.6.